The molecule has 0 aliphatic heterocycles. The van der Waals surface area contributed by atoms with Gasteiger partial charge in [0.05, 0.1) is 5.69 Å². The van der Waals surface area contributed by atoms with Crippen LogP contribution in [0, 0.1) is 6.92 Å². The lowest BCUT2D eigenvalue weighted by atomic mass is 10.3. The number of thiophene rings is 1. The molecule has 0 aromatic carbocycles. The van der Waals surface area contributed by atoms with Gasteiger partial charge >= 0.3 is 0 Å². The summed E-state index contributed by atoms with van der Waals surface area (Å²) in [5.41, 5.74) is 2.48. The van der Waals surface area contributed by atoms with Crippen LogP contribution in [-0.2, 0) is 19.6 Å². The first-order chi connectivity index (χ1) is 7.79. The van der Waals surface area contributed by atoms with Crippen LogP contribution in [0.15, 0.2) is 23.7 Å². The summed E-state index contributed by atoms with van der Waals surface area (Å²) in [6.45, 7) is 6.95. The second-order valence-electron chi connectivity index (χ2n) is 3.79. The Morgan fingerprint density at radius 2 is 2.25 bits per heavy atom. The Balaban J connectivity index is 1.82. The zero-order valence-corrected chi connectivity index (χ0v) is 10.5. The molecule has 0 unspecified atom stereocenters. The van der Waals surface area contributed by atoms with Gasteiger partial charge in [0.2, 0.25) is 0 Å². The number of aromatic nitrogens is 2. The first-order valence-corrected chi connectivity index (χ1v) is 6.43. The maximum atomic E-state index is 4.43. The van der Waals surface area contributed by atoms with Crippen molar-refractivity contribution in [2.75, 3.05) is 0 Å². The second-order valence-corrected chi connectivity index (χ2v) is 4.79. The summed E-state index contributed by atoms with van der Waals surface area (Å²) in [4.78, 5) is 1.41. The van der Waals surface area contributed by atoms with Crippen LogP contribution < -0.4 is 5.32 Å². The zero-order chi connectivity index (χ0) is 11.4. The molecule has 0 saturated carbocycles. The van der Waals surface area contributed by atoms with Gasteiger partial charge in [0.25, 0.3) is 0 Å². The summed E-state index contributed by atoms with van der Waals surface area (Å²) in [6.07, 6.45) is 2.02. The molecule has 0 spiro atoms. The van der Waals surface area contributed by atoms with Gasteiger partial charge in [-0.05, 0) is 36.9 Å². The van der Waals surface area contributed by atoms with E-state index in [9.17, 15) is 0 Å². The summed E-state index contributed by atoms with van der Waals surface area (Å²) >= 11 is 1.81. The smallest absolute Gasteiger partial charge is 0.0762 e. The first-order valence-electron chi connectivity index (χ1n) is 5.55. The molecule has 0 fully saturated rings. The molecule has 0 atom stereocenters. The molecule has 16 heavy (non-hydrogen) atoms. The number of hydrogen-bond acceptors (Lipinski definition) is 3. The quantitative estimate of drug-likeness (QED) is 0.863. The maximum Gasteiger partial charge on any atom is 0.0762 e. The highest BCUT2D eigenvalue weighted by atomic mass is 32.1. The molecule has 0 amide bonds. The van der Waals surface area contributed by atoms with E-state index in [1.807, 2.05) is 10.9 Å². The molecule has 2 heterocycles. The fourth-order valence-electron chi connectivity index (χ4n) is 1.56. The van der Waals surface area contributed by atoms with E-state index in [0.29, 0.717) is 0 Å². The van der Waals surface area contributed by atoms with Crippen molar-refractivity contribution in [2.45, 2.75) is 33.5 Å². The number of nitrogens with zero attached hydrogens (tertiary/aromatic N) is 2. The van der Waals surface area contributed by atoms with Crippen molar-refractivity contribution >= 4 is 11.3 Å². The summed E-state index contributed by atoms with van der Waals surface area (Å²) in [6, 6.07) is 4.23. The fraction of sp³-hybridized carbons (Fsp3) is 0.417. The van der Waals surface area contributed by atoms with Crippen LogP contribution in [0.5, 0.6) is 0 Å². The van der Waals surface area contributed by atoms with Crippen LogP contribution in [0.4, 0.5) is 0 Å². The number of nitrogens with one attached hydrogen (secondary N) is 1. The summed E-state index contributed by atoms with van der Waals surface area (Å²) in [7, 11) is 0. The molecular formula is C12H17N3S. The highest BCUT2D eigenvalue weighted by Crippen LogP contribution is 2.14. The molecule has 4 heteroatoms. The SMILES string of the molecule is CCn1ccc(CNCc2sccc2C)n1. The fourth-order valence-corrected chi connectivity index (χ4v) is 2.44. The van der Waals surface area contributed by atoms with Crippen molar-refractivity contribution in [3.05, 3.63) is 39.8 Å². The van der Waals surface area contributed by atoms with Crippen LogP contribution in [-0.4, -0.2) is 9.78 Å². The van der Waals surface area contributed by atoms with Gasteiger partial charge in [-0.3, -0.25) is 4.68 Å². The first kappa shape index (κ1) is 11.4. The van der Waals surface area contributed by atoms with Gasteiger partial charge < -0.3 is 5.32 Å². The highest BCUT2D eigenvalue weighted by molar-refractivity contribution is 7.10. The molecule has 0 saturated heterocycles. The van der Waals surface area contributed by atoms with Crippen LogP contribution in [0.2, 0.25) is 0 Å². The average Bonchev–Trinajstić information content (AvgIpc) is 2.89. The van der Waals surface area contributed by atoms with E-state index in [1.54, 1.807) is 11.3 Å². The van der Waals surface area contributed by atoms with Crippen LogP contribution in [0.3, 0.4) is 0 Å². The van der Waals surface area contributed by atoms with Gasteiger partial charge in [-0.1, -0.05) is 0 Å². The lowest BCUT2D eigenvalue weighted by molar-refractivity contribution is 0.621. The molecule has 0 bridgehead atoms. The summed E-state index contributed by atoms with van der Waals surface area (Å²) < 4.78 is 1.95. The normalized spacial score (nSPS) is 10.9. The highest BCUT2D eigenvalue weighted by Gasteiger charge is 2.00. The Morgan fingerprint density at radius 1 is 1.38 bits per heavy atom. The largest absolute Gasteiger partial charge is 0.306 e. The van der Waals surface area contributed by atoms with E-state index in [0.717, 1.165) is 25.3 Å². The molecule has 1 N–H and O–H groups in total. The minimum atomic E-state index is 0.838. The third-order valence-corrected chi connectivity index (χ3v) is 3.60. The van der Waals surface area contributed by atoms with Crippen LogP contribution >= 0.6 is 11.3 Å². The molecule has 2 rings (SSSR count). The Morgan fingerprint density at radius 3 is 2.88 bits per heavy atom. The predicted octanol–water partition coefficient (Wildman–Crippen LogP) is 2.56. The molecular weight excluding hydrogens is 218 g/mol. The molecule has 0 radical (unpaired) electrons. The summed E-state index contributed by atoms with van der Waals surface area (Å²) in [5.74, 6) is 0. The van der Waals surface area contributed by atoms with Crippen LogP contribution in [0.25, 0.3) is 0 Å². The van der Waals surface area contributed by atoms with Gasteiger partial charge in [0.15, 0.2) is 0 Å². The van der Waals surface area contributed by atoms with Crippen LogP contribution in [0.1, 0.15) is 23.1 Å². The number of hydrogen-bond donors (Lipinski definition) is 1. The molecule has 86 valence electrons. The topological polar surface area (TPSA) is 29.9 Å². The van der Waals surface area contributed by atoms with Crippen molar-refractivity contribution in [3.63, 3.8) is 0 Å². The third-order valence-electron chi connectivity index (χ3n) is 2.58. The minimum Gasteiger partial charge on any atom is -0.306 e. The van der Waals surface area contributed by atoms with Crippen molar-refractivity contribution in [1.82, 2.24) is 15.1 Å². The van der Waals surface area contributed by atoms with Crippen molar-refractivity contribution in [2.24, 2.45) is 0 Å². The predicted molar refractivity (Wildman–Crippen MR) is 67.5 cm³/mol. The van der Waals surface area contributed by atoms with Crippen molar-refractivity contribution < 1.29 is 0 Å². The monoisotopic (exact) mass is 235 g/mol. The van der Waals surface area contributed by atoms with E-state index in [4.69, 9.17) is 0 Å². The Bertz CT molecular complexity index is 445. The Hall–Kier alpha value is -1.13. The van der Waals surface area contributed by atoms with E-state index in [-0.39, 0.29) is 0 Å². The third kappa shape index (κ3) is 2.71. The Kier molecular flexibility index (Phi) is 3.74. The zero-order valence-electron chi connectivity index (χ0n) is 9.73. The van der Waals surface area contributed by atoms with Gasteiger partial charge in [-0.15, -0.1) is 11.3 Å². The Labute approximate surface area is 100 Å². The molecule has 0 aliphatic rings. The molecule has 0 aliphatic carbocycles. The van der Waals surface area contributed by atoms with E-state index >= 15 is 0 Å². The van der Waals surface area contributed by atoms with E-state index < -0.39 is 0 Å². The average molecular weight is 235 g/mol. The van der Waals surface area contributed by atoms with Crippen molar-refractivity contribution in [3.8, 4) is 0 Å². The van der Waals surface area contributed by atoms with Crippen molar-refractivity contribution in [1.29, 1.82) is 0 Å². The maximum absolute atomic E-state index is 4.43. The van der Waals surface area contributed by atoms with Gasteiger partial charge in [-0.2, -0.15) is 5.10 Å². The number of rotatable bonds is 5. The molecule has 3 nitrogen and oxygen atoms in total. The summed E-state index contributed by atoms with van der Waals surface area (Å²) in [5, 5.41) is 9.98. The lowest BCUT2D eigenvalue weighted by Crippen LogP contribution is -2.13. The standard InChI is InChI=1S/C12H17N3S/c1-3-15-6-4-11(14-15)8-13-9-12-10(2)5-7-16-12/h4-7,13H,3,8-9H2,1-2H3. The lowest BCUT2D eigenvalue weighted by Gasteiger charge is -2.01. The van der Waals surface area contributed by atoms with Gasteiger partial charge in [-0.25, -0.2) is 0 Å². The van der Waals surface area contributed by atoms with Gasteiger partial charge in [0, 0.05) is 30.7 Å². The number of aryl methyl sites for hydroxylation is 2. The van der Waals surface area contributed by atoms with E-state index in [1.165, 1.54) is 10.4 Å². The van der Waals surface area contributed by atoms with Gasteiger partial charge in [0.1, 0.15) is 0 Å². The van der Waals surface area contributed by atoms with E-state index in [2.05, 4.69) is 41.8 Å². The molecule has 2 aromatic heterocycles. The molecule has 2 aromatic rings. The second kappa shape index (κ2) is 5.27. The minimum absolute atomic E-state index is 0.838.